The molecule has 0 spiro atoms. The quantitative estimate of drug-likeness (QED) is 0.529. The van der Waals surface area contributed by atoms with Crippen LogP contribution in [0.15, 0.2) is 29.8 Å². The van der Waals surface area contributed by atoms with E-state index in [1.807, 2.05) is 0 Å². The molecule has 2 aromatic heterocycles. The number of carbonyl (C=O) groups excluding carboxylic acids is 2. The smallest absolute Gasteiger partial charge is 0.287 e. The third kappa shape index (κ3) is 2.86. The lowest BCUT2D eigenvalue weighted by Crippen LogP contribution is -2.30. The number of nitrogens with zero attached hydrogens (tertiary/aromatic N) is 2. The van der Waals surface area contributed by atoms with Crippen molar-refractivity contribution in [3.63, 3.8) is 0 Å². The standard InChI is InChI=1S/C12H9N3O4S/c1-7-9(5-8(6-13-7)15(18)19)11(16)14-12(17)10-3-2-4-20-10/h2-6H,1H3,(H,14,16,17). The van der Waals surface area contributed by atoms with Gasteiger partial charge in [-0.05, 0) is 18.4 Å². The van der Waals surface area contributed by atoms with Gasteiger partial charge in [-0.3, -0.25) is 30.0 Å². The molecule has 0 saturated carbocycles. The van der Waals surface area contributed by atoms with Crippen molar-refractivity contribution in [1.82, 2.24) is 10.3 Å². The largest absolute Gasteiger partial charge is 0.288 e. The van der Waals surface area contributed by atoms with Crippen LogP contribution in [0.1, 0.15) is 25.7 Å². The second-order valence-corrected chi connectivity index (χ2v) is 4.79. The zero-order valence-corrected chi connectivity index (χ0v) is 11.1. The Balaban J connectivity index is 2.23. The van der Waals surface area contributed by atoms with Crippen LogP contribution in [0.2, 0.25) is 0 Å². The van der Waals surface area contributed by atoms with Crippen molar-refractivity contribution in [2.75, 3.05) is 0 Å². The van der Waals surface area contributed by atoms with Crippen molar-refractivity contribution in [3.05, 3.63) is 56.0 Å². The number of carbonyl (C=O) groups is 2. The summed E-state index contributed by atoms with van der Waals surface area (Å²) in [5.74, 6) is -1.26. The summed E-state index contributed by atoms with van der Waals surface area (Å²) < 4.78 is 0. The summed E-state index contributed by atoms with van der Waals surface area (Å²) >= 11 is 1.19. The molecule has 0 aliphatic heterocycles. The lowest BCUT2D eigenvalue weighted by Gasteiger charge is -2.05. The first-order valence-corrected chi connectivity index (χ1v) is 6.37. The Bertz CT molecular complexity index is 682. The van der Waals surface area contributed by atoms with E-state index in [0.717, 1.165) is 12.3 Å². The van der Waals surface area contributed by atoms with Gasteiger partial charge in [-0.25, -0.2) is 0 Å². The third-order valence-corrected chi connectivity index (χ3v) is 3.37. The summed E-state index contributed by atoms with van der Waals surface area (Å²) in [7, 11) is 0. The molecule has 2 heterocycles. The van der Waals surface area contributed by atoms with E-state index in [0.29, 0.717) is 10.6 Å². The molecule has 2 rings (SSSR count). The fraction of sp³-hybridized carbons (Fsp3) is 0.0833. The van der Waals surface area contributed by atoms with E-state index in [1.54, 1.807) is 17.5 Å². The van der Waals surface area contributed by atoms with Gasteiger partial charge in [0.05, 0.1) is 21.1 Å². The maximum Gasteiger partial charge on any atom is 0.288 e. The van der Waals surface area contributed by atoms with E-state index in [-0.39, 0.29) is 11.3 Å². The maximum atomic E-state index is 12.0. The Kier molecular flexibility index (Phi) is 3.85. The van der Waals surface area contributed by atoms with Crippen molar-refractivity contribution in [3.8, 4) is 0 Å². The van der Waals surface area contributed by atoms with Gasteiger partial charge in [-0.2, -0.15) is 0 Å². The molecule has 0 saturated heterocycles. The van der Waals surface area contributed by atoms with E-state index >= 15 is 0 Å². The van der Waals surface area contributed by atoms with Crippen molar-refractivity contribution >= 4 is 28.8 Å². The summed E-state index contributed by atoms with van der Waals surface area (Å²) in [5, 5.41) is 14.5. The first-order chi connectivity index (χ1) is 9.49. The molecule has 2 aromatic rings. The fourth-order valence-corrected chi connectivity index (χ4v) is 2.11. The van der Waals surface area contributed by atoms with Crippen LogP contribution >= 0.6 is 11.3 Å². The predicted molar refractivity (Wildman–Crippen MR) is 71.7 cm³/mol. The highest BCUT2D eigenvalue weighted by Crippen LogP contribution is 2.15. The molecular weight excluding hydrogens is 282 g/mol. The average Bonchev–Trinajstić information content (AvgIpc) is 2.92. The highest BCUT2D eigenvalue weighted by atomic mass is 32.1. The number of thiophene rings is 1. The van der Waals surface area contributed by atoms with Crippen LogP contribution in [0.25, 0.3) is 0 Å². The second kappa shape index (κ2) is 5.57. The van der Waals surface area contributed by atoms with Gasteiger partial charge in [0, 0.05) is 6.07 Å². The van der Waals surface area contributed by atoms with E-state index in [2.05, 4.69) is 10.3 Å². The lowest BCUT2D eigenvalue weighted by atomic mass is 10.2. The number of pyridine rings is 1. The molecule has 102 valence electrons. The molecule has 8 heteroatoms. The molecule has 0 unspecified atom stereocenters. The lowest BCUT2D eigenvalue weighted by molar-refractivity contribution is -0.385. The van der Waals surface area contributed by atoms with E-state index in [4.69, 9.17) is 0 Å². The molecule has 0 aliphatic carbocycles. The monoisotopic (exact) mass is 291 g/mol. The Labute approximate surface area is 117 Å². The van der Waals surface area contributed by atoms with Crippen LogP contribution in [0.3, 0.4) is 0 Å². The number of amides is 2. The van der Waals surface area contributed by atoms with Gasteiger partial charge >= 0.3 is 0 Å². The Hall–Kier alpha value is -2.61. The van der Waals surface area contributed by atoms with Crippen LogP contribution in [0.5, 0.6) is 0 Å². The molecule has 7 nitrogen and oxygen atoms in total. The number of imide groups is 1. The molecule has 0 atom stereocenters. The number of nitrogens with one attached hydrogen (secondary N) is 1. The SMILES string of the molecule is Cc1ncc([N+](=O)[O-])cc1C(=O)NC(=O)c1cccs1. The van der Waals surface area contributed by atoms with Gasteiger partial charge in [-0.15, -0.1) is 11.3 Å². The second-order valence-electron chi connectivity index (χ2n) is 3.84. The van der Waals surface area contributed by atoms with Crippen molar-refractivity contribution in [1.29, 1.82) is 0 Å². The highest BCUT2D eigenvalue weighted by Gasteiger charge is 2.18. The number of nitro groups is 1. The number of hydrogen-bond acceptors (Lipinski definition) is 6. The maximum absolute atomic E-state index is 12.0. The zero-order chi connectivity index (χ0) is 14.7. The molecular formula is C12H9N3O4S. The van der Waals surface area contributed by atoms with Crippen LogP contribution in [0.4, 0.5) is 5.69 Å². The van der Waals surface area contributed by atoms with Gasteiger partial charge in [0.15, 0.2) is 0 Å². The number of hydrogen-bond donors (Lipinski definition) is 1. The molecule has 0 radical (unpaired) electrons. The summed E-state index contributed by atoms with van der Waals surface area (Å²) in [6.07, 6.45) is 1.06. The average molecular weight is 291 g/mol. The molecule has 2 amide bonds. The fourth-order valence-electron chi connectivity index (χ4n) is 1.49. The molecule has 1 N–H and O–H groups in total. The number of aryl methyl sites for hydroxylation is 1. The van der Waals surface area contributed by atoms with Crippen molar-refractivity contribution in [2.45, 2.75) is 6.92 Å². The van der Waals surface area contributed by atoms with Crippen LogP contribution in [0, 0.1) is 17.0 Å². The summed E-state index contributed by atoms with van der Waals surface area (Å²) in [5.41, 5.74) is 0.0144. The predicted octanol–water partition coefficient (Wildman–Crippen LogP) is 1.93. The zero-order valence-electron chi connectivity index (χ0n) is 10.3. The van der Waals surface area contributed by atoms with Gasteiger partial charge in [0.1, 0.15) is 6.20 Å². The molecule has 0 aromatic carbocycles. The Morgan fingerprint density at radius 2 is 2.15 bits per heavy atom. The molecule has 0 fully saturated rings. The summed E-state index contributed by atoms with van der Waals surface area (Å²) in [4.78, 5) is 37.9. The Morgan fingerprint density at radius 1 is 1.40 bits per heavy atom. The van der Waals surface area contributed by atoms with E-state index in [1.165, 1.54) is 18.3 Å². The van der Waals surface area contributed by atoms with Gasteiger partial charge < -0.3 is 0 Å². The number of aromatic nitrogens is 1. The Morgan fingerprint density at radius 3 is 2.75 bits per heavy atom. The molecule has 0 aliphatic rings. The summed E-state index contributed by atoms with van der Waals surface area (Å²) in [6, 6.07) is 4.36. The van der Waals surface area contributed by atoms with Gasteiger partial charge in [0.25, 0.3) is 17.5 Å². The highest BCUT2D eigenvalue weighted by molar-refractivity contribution is 7.12. The normalized spacial score (nSPS) is 10.1. The van der Waals surface area contributed by atoms with Crippen molar-refractivity contribution < 1.29 is 14.5 Å². The van der Waals surface area contributed by atoms with E-state index in [9.17, 15) is 19.7 Å². The van der Waals surface area contributed by atoms with Gasteiger partial charge in [0.2, 0.25) is 0 Å². The first kappa shape index (κ1) is 13.8. The van der Waals surface area contributed by atoms with Crippen molar-refractivity contribution in [2.24, 2.45) is 0 Å². The van der Waals surface area contributed by atoms with Crippen LogP contribution in [-0.4, -0.2) is 21.7 Å². The van der Waals surface area contributed by atoms with E-state index < -0.39 is 16.7 Å². The minimum atomic E-state index is -0.711. The topological polar surface area (TPSA) is 102 Å². The van der Waals surface area contributed by atoms with Crippen LogP contribution < -0.4 is 5.32 Å². The molecule has 0 bridgehead atoms. The van der Waals surface area contributed by atoms with Crippen LogP contribution in [-0.2, 0) is 0 Å². The summed E-state index contributed by atoms with van der Waals surface area (Å²) in [6.45, 7) is 1.54. The third-order valence-electron chi connectivity index (χ3n) is 2.50. The minimum absolute atomic E-state index is 0.00380. The molecule has 20 heavy (non-hydrogen) atoms. The van der Waals surface area contributed by atoms with Gasteiger partial charge in [-0.1, -0.05) is 6.07 Å². The minimum Gasteiger partial charge on any atom is -0.287 e. The first-order valence-electron chi connectivity index (χ1n) is 5.49. The number of rotatable bonds is 3.